The van der Waals surface area contributed by atoms with E-state index in [9.17, 15) is 18.0 Å². The van der Waals surface area contributed by atoms with E-state index in [0.717, 1.165) is 28.4 Å². The zero-order valence-corrected chi connectivity index (χ0v) is 16.7. The molecule has 0 aliphatic carbocycles. The fraction of sp³-hybridized carbons (Fsp3) is 0.286. The summed E-state index contributed by atoms with van der Waals surface area (Å²) >= 11 is 5.90. The highest BCUT2D eigenvalue weighted by atomic mass is 35.5. The predicted octanol–water partition coefficient (Wildman–Crippen LogP) is 5.74. The van der Waals surface area contributed by atoms with Crippen molar-refractivity contribution in [2.75, 3.05) is 18.9 Å². The van der Waals surface area contributed by atoms with Crippen LogP contribution in [0.3, 0.4) is 0 Å². The molecule has 0 atom stereocenters. The minimum absolute atomic E-state index is 0.106. The van der Waals surface area contributed by atoms with Gasteiger partial charge in [0.25, 0.3) is 0 Å². The molecule has 3 rings (SSSR count). The van der Waals surface area contributed by atoms with Gasteiger partial charge in [-0.05, 0) is 25.2 Å². The largest absolute Gasteiger partial charge is 0.461 e. The summed E-state index contributed by atoms with van der Waals surface area (Å²) in [4.78, 5) is 14.1. The number of likely N-dealkylation sites (N-methyl/N-ethyl adjacent to an activating group) is 1. The number of benzene rings is 2. The van der Waals surface area contributed by atoms with Crippen LogP contribution < -0.4 is 5.32 Å². The summed E-state index contributed by atoms with van der Waals surface area (Å²) in [5.74, 6) is 0.237. The van der Waals surface area contributed by atoms with E-state index in [1.807, 2.05) is 31.2 Å². The fourth-order valence-electron chi connectivity index (χ4n) is 3.25. The van der Waals surface area contributed by atoms with E-state index in [4.69, 9.17) is 16.0 Å². The second-order valence-electron chi connectivity index (χ2n) is 6.73. The highest BCUT2D eigenvalue weighted by molar-refractivity contribution is 6.34. The molecular weight excluding hydrogens is 405 g/mol. The molecule has 4 nitrogen and oxygen atoms in total. The van der Waals surface area contributed by atoms with E-state index in [2.05, 4.69) is 5.32 Å². The lowest BCUT2D eigenvalue weighted by Crippen LogP contribution is -2.30. The Balaban J connectivity index is 1.75. The molecular formula is C21H20ClF3N2O2. The zero-order chi connectivity index (χ0) is 21.2. The van der Waals surface area contributed by atoms with Crippen LogP contribution in [-0.2, 0) is 23.9 Å². The van der Waals surface area contributed by atoms with Crippen molar-refractivity contribution < 1.29 is 22.4 Å². The van der Waals surface area contributed by atoms with Crippen LogP contribution in [0.1, 0.15) is 23.8 Å². The third-order valence-electron chi connectivity index (χ3n) is 4.53. The molecule has 0 fully saturated rings. The molecule has 3 aromatic rings. The first-order chi connectivity index (χ1) is 13.7. The number of amides is 1. The van der Waals surface area contributed by atoms with Gasteiger partial charge in [0, 0.05) is 23.9 Å². The summed E-state index contributed by atoms with van der Waals surface area (Å²) in [5.41, 5.74) is 0.327. The SMILES string of the molecule is CCc1oc2ccccc2c1CN(C)CC(=O)Nc1c(Cl)cccc1C(F)(F)F. The molecule has 1 aromatic heterocycles. The summed E-state index contributed by atoms with van der Waals surface area (Å²) in [5, 5.41) is 3.10. The van der Waals surface area contributed by atoms with Gasteiger partial charge in [-0.1, -0.05) is 42.8 Å². The highest BCUT2D eigenvalue weighted by Gasteiger charge is 2.34. The van der Waals surface area contributed by atoms with Crippen molar-refractivity contribution in [2.24, 2.45) is 0 Å². The van der Waals surface area contributed by atoms with E-state index < -0.39 is 23.3 Å². The molecule has 0 aliphatic heterocycles. The summed E-state index contributed by atoms with van der Waals surface area (Å²) in [6.07, 6.45) is -3.93. The summed E-state index contributed by atoms with van der Waals surface area (Å²) in [6.45, 7) is 2.29. The van der Waals surface area contributed by atoms with Crippen LogP contribution in [0.2, 0.25) is 5.02 Å². The quantitative estimate of drug-likeness (QED) is 0.549. The van der Waals surface area contributed by atoms with Crippen LogP contribution in [0.15, 0.2) is 46.9 Å². The number of alkyl halides is 3. The molecule has 0 bridgehead atoms. The van der Waals surface area contributed by atoms with Crippen molar-refractivity contribution in [3.05, 3.63) is 64.4 Å². The maximum absolute atomic E-state index is 13.2. The van der Waals surface area contributed by atoms with Gasteiger partial charge in [0.2, 0.25) is 5.91 Å². The normalized spacial score (nSPS) is 12.0. The second kappa shape index (κ2) is 8.47. The Kier molecular flexibility index (Phi) is 6.19. The Morgan fingerprint density at radius 3 is 2.59 bits per heavy atom. The lowest BCUT2D eigenvalue weighted by molar-refractivity contribution is -0.137. The van der Waals surface area contributed by atoms with Crippen molar-refractivity contribution in [3.63, 3.8) is 0 Å². The fourth-order valence-corrected chi connectivity index (χ4v) is 3.47. The first kappa shape index (κ1) is 21.2. The molecule has 1 N–H and O–H groups in total. The number of nitrogens with zero attached hydrogens (tertiary/aromatic N) is 1. The van der Waals surface area contributed by atoms with Gasteiger partial charge in [-0.3, -0.25) is 9.69 Å². The zero-order valence-electron chi connectivity index (χ0n) is 15.9. The monoisotopic (exact) mass is 424 g/mol. The number of halogens is 4. The number of carbonyl (C=O) groups excluding carboxylic acids is 1. The Morgan fingerprint density at radius 1 is 1.17 bits per heavy atom. The topological polar surface area (TPSA) is 45.5 Å². The Bertz CT molecular complexity index is 1030. The minimum Gasteiger partial charge on any atom is -0.461 e. The molecule has 0 aliphatic rings. The average molecular weight is 425 g/mol. The maximum atomic E-state index is 13.2. The average Bonchev–Trinajstić information content (AvgIpc) is 3.00. The number of aryl methyl sites for hydroxylation is 1. The molecule has 0 unspecified atom stereocenters. The minimum atomic E-state index is -4.62. The van der Waals surface area contributed by atoms with E-state index in [0.29, 0.717) is 13.0 Å². The number of para-hydroxylation sites is 2. The number of carbonyl (C=O) groups is 1. The van der Waals surface area contributed by atoms with Crippen LogP contribution >= 0.6 is 11.6 Å². The lowest BCUT2D eigenvalue weighted by atomic mass is 10.1. The molecule has 0 radical (unpaired) electrons. The Labute approximate surface area is 171 Å². The van der Waals surface area contributed by atoms with Crippen LogP contribution in [0.25, 0.3) is 11.0 Å². The second-order valence-corrected chi connectivity index (χ2v) is 7.14. The summed E-state index contributed by atoms with van der Waals surface area (Å²) < 4.78 is 45.4. The number of nitrogens with one attached hydrogen (secondary N) is 1. The van der Waals surface area contributed by atoms with Crippen LogP contribution in [0.4, 0.5) is 18.9 Å². The van der Waals surface area contributed by atoms with Gasteiger partial charge in [-0.2, -0.15) is 13.2 Å². The lowest BCUT2D eigenvalue weighted by Gasteiger charge is -2.19. The van der Waals surface area contributed by atoms with E-state index in [1.165, 1.54) is 12.1 Å². The first-order valence-electron chi connectivity index (χ1n) is 9.04. The Morgan fingerprint density at radius 2 is 1.90 bits per heavy atom. The number of hydrogen-bond acceptors (Lipinski definition) is 3. The van der Waals surface area contributed by atoms with Crippen molar-refractivity contribution in [1.29, 1.82) is 0 Å². The first-order valence-corrected chi connectivity index (χ1v) is 9.42. The Hall–Kier alpha value is -2.51. The molecule has 2 aromatic carbocycles. The van der Waals surface area contributed by atoms with Gasteiger partial charge < -0.3 is 9.73 Å². The molecule has 29 heavy (non-hydrogen) atoms. The molecule has 0 saturated carbocycles. The standard InChI is InChI=1S/C21H20ClF3N2O2/c1-3-17-14(13-7-4-5-10-18(13)29-17)11-27(2)12-19(28)26-20-15(21(23,24)25)8-6-9-16(20)22/h4-10H,3,11-12H2,1-2H3,(H,26,28). The van der Waals surface area contributed by atoms with Gasteiger partial charge in [0.1, 0.15) is 11.3 Å². The molecule has 0 saturated heterocycles. The van der Waals surface area contributed by atoms with E-state index in [1.54, 1.807) is 11.9 Å². The van der Waals surface area contributed by atoms with Gasteiger partial charge in [-0.15, -0.1) is 0 Å². The summed E-state index contributed by atoms with van der Waals surface area (Å²) in [6, 6.07) is 11.0. The van der Waals surface area contributed by atoms with E-state index in [-0.39, 0.29) is 11.6 Å². The van der Waals surface area contributed by atoms with Crippen LogP contribution in [0, 0.1) is 0 Å². The van der Waals surface area contributed by atoms with Crippen LogP contribution in [0.5, 0.6) is 0 Å². The third kappa shape index (κ3) is 4.74. The van der Waals surface area contributed by atoms with Crippen LogP contribution in [-0.4, -0.2) is 24.4 Å². The third-order valence-corrected chi connectivity index (χ3v) is 4.84. The number of rotatable bonds is 6. The number of hydrogen-bond donors (Lipinski definition) is 1. The maximum Gasteiger partial charge on any atom is 0.418 e. The number of furan rings is 1. The molecule has 154 valence electrons. The molecule has 8 heteroatoms. The van der Waals surface area contributed by atoms with Crippen molar-refractivity contribution in [1.82, 2.24) is 4.90 Å². The van der Waals surface area contributed by atoms with Gasteiger partial charge in [0.15, 0.2) is 0 Å². The van der Waals surface area contributed by atoms with Gasteiger partial charge in [-0.25, -0.2) is 0 Å². The van der Waals surface area contributed by atoms with Crippen molar-refractivity contribution in [2.45, 2.75) is 26.1 Å². The highest BCUT2D eigenvalue weighted by Crippen LogP contribution is 2.38. The van der Waals surface area contributed by atoms with Crippen molar-refractivity contribution in [3.8, 4) is 0 Å². The summed E-state index contributed by atoms with van der Waals surface area (Å²) in [7, 11) is 1.72. The number of fused-ring (bicyclic) bond motifs is 1. The van der Waals surface area contributed by atoms with E-state index >= 15 is 0 Å². The number of anilines is 1. The molecule has 1 amide bonds. The van der Waals surface area contributed by atoms with Gasteiger partial charge >= 0.3 is 6.18 Å². The van der Waals surface area contributed by atoms with Gasteiger partial charge in [0.05, 0.1) is 22.8 Å². The molecule has 0 spiro atoms. The predicted molar refractivity (Wildman–Crippen MR) is 107 cm³/mol. The smallest absolute Gasteiger partial charge is 0.418 e. The van der Waals surface area contributed by atoms with Crippen molar-refractivity contribution >= 4 is 34.2 Å². The molecule has 1 heterocycles.